The molecule has 0 unspecified atom stereocenters. The van der Waals surface area contributed by atoms with Gasteiger partial charge in [-0.3, -0.25) is 19.6 Å². The summed E-state index contributed by atoms with van der Waals surface area (Å²) in [5.74, 6) is 1.40. The first-order valence-electron chi connectivity index (χ1n) is 16.1. The minimum absolute atomic E-state index is 0.251. The first kappa shape index (κ1) is 32.4. The van der Waals surface area contributed by atoms with E-state index in [-0.39, 0.29) is 13.2 Å². The Morgan fingerprint density at radius 3 is 1.16 bits per heavy atom. The number of ether oxygens (including phenoxy) is 2. The molecule has 0 bridgehead atoms. The lowest BCUT2D eigenvalue weighted by atomic mass is 10.1. The van der Waals surface area contributed by atoms with Crippen molar-refractivity contribution in [2.75, 3.05) is 78.7 Å². The van der Waals surface area contributed by atoms with Gasteiger partial charge in [-0.15, -0.1) is 0 Å². The lowest BCUT2D eigenvalue weighted by Crippen LogP contribution is -2.48. The van der Waals surface area contributed by atoms with Gasteiger partial charge in [0.1, 0.15) is 36.9 Å². The average molecular weight is 603 g/mol. The number of rotatable bonds is 14. The van der Waals surface area contributed by atoms with Gasteiger partial charge in [-0.05, 0) is 49.2 Å². The van der Waals surface area contributed by atoms with Crippen LogP contribution in [0.15, 0.2) is 72.8 Å². The zero-order valence-electron chi connectivity index (χ0n) is 26.5. The van der Waals surface area contributed by atoms with Crippen molar-refractivity contribution in [3.05, 3.63) is 95.1 Å². The highest BCUT2D eigenvalue weighted by Gasteiger charge is 2.21. The molecule has 8 nitrogen and oxygen atoms in total. The molecule has 0 aliphatic carbocycles. The summed E-state index contributed by atoms with van der Waals surface area (Å²) in [5.41, 5.74) is 5.28. The Balaban J connectivity index is 0.926. The maximum absolute atomic E-state index is 10.6. The van der Waals surface area contributed by atoms with Crippen LogP contribution in [-0.2, 0) is 13.1 Å². The molecule has 2 heterocycles. The van der Waals surface area contributed by atoms with Crippen LogP contribution in [0.1, 0.15) is 22.3 Å². The molecule has 2 aliphatic rings. The van der Waals surface area contributed by atoms with Crippen LogP contribution in [0.3, 0.4) is 0 Å². The zero-order chi connectivity index (χ0) is 30.7. The standard InChI is InChI=1S/C36H50N4O4/c1-29-3-7-31(8-4-29)23-37-15-19-39(20-16-37)25-33(41)27-43-35-11-13-36(14-12-35)44-28-34(42)26-40-21-17-38(18-22-40)24-32-9-5-30(2)6-10-32/h3-14,33-34,41-42H,15-28H2,1-2H3/t33-,34+. The van der Waals surface area contributed by atoms with Crippen molar-refractivity contribution >= 4 is 0 Å². The maximum Gasteiger partial charge on any atom is 0.119 e. The summed E-state index contributed by atoms with van der Waals surface area (Å²) >= 11 is 0. The number of hydrogen-bond donors (Lipinski definition) is 2. The minimum atomic E-state index is -0.547. The summed E-state index contributed by atoms with van der Waals surface area (Å²) in [5, 5.41) is 21.1. The molecule has 2 atom stereocenters. The summed E-state index contributed by atoms with van der Waals surface area (Å²) in [6.45, 7) is 15.7. The minimum Gasteiger partial charge on any atom is -0.491 e. The molecule has 8 heteroatoms. The van der Waals surface area contributed by atoms with Crippen molar-refractivity contribution in [1.82, 2.24) is 19.6 Å². The summed E-state index contributed by atoms with van der Waals surface area (Å²) in [6.07, 6.45) is -1.09. The number of hydrogen-bond acceptors (Lipinski definition) is 8. The van der Waals surface area contributed by atoms with Crippen LogP contribution in [-0.4, -0.2) is 121 Å². The van der Waals surface area contributed by atoms with Gasteiger partial charge in [0.2, 0.25) is 0 Å². The third kappa shape index (κ3) is 10.6. The van der Waals surface area contributed by atoms with E-state index in [2.05, 4.69) is 82.0 Å². The molecule has 3 aromatic carbocycles. The van der Waals surface area contributed by atoms with Crippen molar-refractivity contribution in [3.63, 3.8) is 0 Å². The van der Waals surface area contributed by atoms with E-state index < -0.39 is 12.2 Å². The average Bonchev–Trinajstić information content (AvgIpc) is 3.04. The highest BCUT2D eigenvalue weighted by atomic mass is 16.5. The van der Waals surface area contributed by atoms with Gasteiger partial charge in [-0.25, -0.2) is 0 Å². The van der Waals surface area contributed by atoms with Crippen LogP contribution in [0.25, 0.3) is 0 Å². The van der Waals surface area contributed by atoms with Gasteiger partial charge in [0.15, 0.2) is 0 Å². The van der Waals surface area contributed by atoms with Gasteiger partial charge >= 0.3 is 0 Å². The van der Waals surface area contributed by atoms with E-state index in [0.717, 1.165) is 65.4 Å². The van der Waals surface area contributed by atoms with Crippen molar-refractivity contribution in [1.29, 1.82) is 0 Å². The quantitative estimate of drug-likeness (QED) is 0.291. The van der Waals surface area contributed by atoms with E-state index in [1.807, 2.05) is 24.3 Å². The molecule has 0 saturated carbocycles. The Kier molecular flexibility index (Phi) is 12.1. The number of β-amino-alcohol motifs (C(OH)–C–C–N with tert-alkyl or cyclic N) is 2. The fraction of sp³-hybridized carbons (Fsp3) is 0.500. The molecule has 2 saturated heterocycles. The molecule has 2 N–H and O–H groups in total. The number of aryl methyl sites for hydroxylation is 2. The Hall–Kier alpha value is -2.98. The Morgan fingerprint density at radius 1 is 0.500 bits per heavy atom. The largest absolute Gasteiger partial charge is 0.491 e. The predicted molar refractivity (Wildman–Crippen MR) is 175 cm³/mol. The molecule has 0 radical (unpaired) electrons. The van der Waals surface area contributed by atoms with Crippen LogP contribution >= 0.6 is 0 Å². The third-order valence-corrected chi connectivity index (χ3v) is 8.63. The van der Waals surface area contributed by atoms with Crippen molar-refractivity contribution in [2.45, 2.75) is 39.1 Å². The number of piperazine rings is 2. The molecule has 5 rings (SSSR count). The summed E-state index contributed by atoms with van der Waals surface area (Å²) in [6, 6.07) is 24.9. The van der Waals surface area contributed by atoms with E-state index >= 15 is 0 Å². The molecule has 0 spiro atoms. The van der Waals surface area contributed by atoms with Crippen molar-refractivity contribution < 1.29 is 19.7 Å². The predicted octanol–water partition coefficient (Wildman–Crippen LogP) is 3.42. The van der Waals surface area contributed by atoms with Gasteiger partial charge < -0.3 is 19.7 Å². The molecule has 0 aromatic heterocycles. The lowest BCUT2D eigenvalue weighted by Gasteiger charge is -2.35. The summed E-state index contributed by atoms with van der Waals surface area (Å²) in [7, 11) is 0. The number of aliphatic hydroxyl groups excluding tert-OH is 2. The Morgan fingerprint density at radius 2 is 0.818 bits per heavy atom. The van der Waals surface area contributed by atoms with Crippen LogP contribution in [0, 0.1) is 13.8 Å². The van der Waals surface area contributed by atoms with Gasteiger partial charge in [-0.2, -0.15) is 0 Å². The van der Waals surface area contributed by atoms with E-state index in [4.69, 9.17) is 9.47 Å². The number of aliphatic hydroxyl groups is 2. The topological polar surface area (TPSA) is 71.9 Å². The molecule has 2 aliphatic heterocycles. The van der Waals surface area contributed by atoms with E-state index in [0.29, 0.717) is 24.6 Å². The molecule has 238 valence electrons. The summed E-state index contributed by atoms with van der Waals surface area (Å²) < 4.78 is 11.7. The first-order chi connectivity index (χ1) is 21.4. The van der Waals surface area contributed by atoms with E-state index in [9.17, 15) is 10.2 Å². The molecular weight excluding hydrogens is 552 g/mol. The smallest absolute Gasteiger partial charge is 0.119 e. The third-order valence-electron chi connectivity index (χ3n) is 8.63. The van der Waals surface area contributed by atoms with Gasteiger partial charge in [0.25, 0.3) is 0 Å². The van der Waals surface area contributed by atoms with Gasteiger partial charge in [0, 0.05) is 78.5 Å². The zero-order valence-corrected chi connectivity index (χ0v) is 26.5. The van der Waals surface area contributed by atoms with Crippen LogP contribution in [0.5, 0.6) is 11.5 Å². The fourth-order valence-corrected chi connectivity index (χ4v) is 5.88. The molecule has 44 heavy (non-hydrogen) atoms. The summed E-state index contributed by atoms with van der Waals surface area (Å²) in [4.78, 5) is 9.57. The lowest BCUT2D eigenvalue weighted by molar-refractivity contribution is 0.0437. The van der Waals surface area contributed by atoms with Crippen LogP contribution in [0.2, 0.25) is 0 Å². The normalized spacial score (nSPS) is 18.6. The second kappa shape index (κ2) is 16.4. The number of benzene rings is 3. The van der Waals surface area contributed by atoms with Crippen molar-refractivity contribution in [3.8, 4) is 11.5 Å². The van der Waals surface area contributed by atoms with E-state index in [1.54, 1.807) is 0 Å². The fourth-order valence-electron chi connectivity index (χ4n) is 5.88. The van der Waals surface area contributed by atoms with Crippen LogP contribution < -0.4 is 9.47 Å². The van der Waals surface area contributed by atoms with Crippen molar-refractivity contribution in [2.24, 2.45) is 0 Å². The van der Waals surface area contributed by atoms with Gasteiger partial charge in [0.05, 0.1) is 0 Å². The maximum atomic E-state index is 10.6. The SMILES string of the molecule is Cc1ccc(CN2CCN(C[C@H](O)COc3ccc(OC[C@H](O)CN4CCN(Cc5ccc(C)cc5)CC4)cc3)CC2)cc1. The second-order valence-electron chi connectivity index (χ2n) is 12.5. The number of nitrogens with zero attached hydrogens (tertiary/aromatic N) is 4. The van der Waals surface area contributed by atoms with E-state index in [1.165, 1.54) is 22.3 Å². The monoisotopic (exact) mass is 602 g/mol. The Bertz CT molecular complexity index is 1140. The second-order valence-corrected chi connectivity index (χ2v) is 12.5. The molecule has 3 aromatic rings. The highest BCUT2D eigenvalue weighted by Crippen LogP contribution is 2.19. The molecular formula is C36H50N4O4. The van der Waals surface area contributed by atoms with Crippen LogP contribution in [0.4, 0.5) is 0 Å². The van der Waals surface area contributed by atoms with Gasteiger partial charge in [-0.1, -0.05) is 59.7 Å². The first-order valence-corrected chi connectivity index (χ1v) is 16.1. The Labute approximate surface area is 263 Å². The molecule has 2 fully saturated rings. The highest BCUT2D eigenvalue weighted by molar-refractivity contribution is 5.31. The molecule has 0 amide bonds.